The highest BCUT2D eigenvalue weighted by atomic mass is 32.2. The molecule has 0 aliphatic carbocycles. The largest absolute Gasteiger partial charge is 0.335 e. The fraction of sp³-hybridized carbons (Fsp3) is 0.238. The molecule has 122 valence electrons. The Morgan fingerprint density at radius 3 is 2.50 bits per heavy atom. The number of thioether (sulfide) groups is 1. The third kappa shape index (κ3) is 2.79. The summed E-state index contributed by atoms with van der Waals surface area (Å²) in [4.78, 5) is 3.64. The first-order valence-corrected chi connectivity index (χ1v) is 9.33. The highest BCUT2D eigenvalue weighted by Crippen LogP contribution is 2.41. The highest BCUT2D eigenvalue weighted by molar-refractivity contribution is 7.98. The molecule has 0 spiro atoms. The van der Waals surface area contributed by atoms with E-state index in [0.717, 1.165) is 12.3 Å². The van der Waals surface area contributed by atoms with Crippen molar-refractivity contribution in [1.29, 1.82) is 0 Å². The van der Waals surface area contributed by atoms with Gasteiger partial charge in [0.2, 0.25) is 0 Å². The summed E-state index contributed by atoms with van der Waals surface area (Å²) in [7, 11) is 4.27. The third-order valence-corrected chi connectivity index (χ3v) is 5.65. The molecule has 1 aliphatic rings. The molecule has 1 aromatic heterocycles. The molecule has 3 aromatic rings. The van der Waals surface area contributed by atoms with Gasteiger partial charge < -0.3 is 9.47 Å². The van der Waals surface area contributed by atoms with E-state index in [9.17, 15) is 0 Å². The lowest BCUT2D eigenvalue weighted by Crippen LogP contribution is -2.20. The zero-order valence-electron chi connectivity index (χ0n) is 14.1. The van der Waals surface area contributed by atoms with Gasteiger partial charge in [0, 0.05) is 28.6 Å². The van der Waals surface area contributed by atoms with Crippen molar-refractivity contribution >= 4 is 11.8 Å². The SMILES string of the molecule is CN(C)Cc1ccc2n1C(c1ccccc1)c1ccccc1SC2. The first kappa shape index (κ1) is 15.6. The second-order valence-corrected chi connectivity index (χ2v) is 7.58. The summed E-state index contributed by atoms with van der Waals surface area (Å²) < 4.78 is 2.55. The van der Waals surface area contributed by atoms with Crippen LogP contribution < -0.4 is 0 Å². The van der Waals surface area contributed by atoms with E-state index < -0.39 is 0 Å². The predicted octanol–water partition coefficient (Wildman–Crippen LogP) is 4.79. The van der Waals surface area contributed by atoms with Crippen molar-refractivity contribution in [1.82, 2.24) is 9.47 Å². The molecule has 2 heterocycles. The number of aromatic nitrogens is 1. The average Bonchev–Trinajstić information content (AvgIpc) is 2.88. The van der Waals surface area contributed by atoms with Crippen LogP contribution in [0.4, 0.5) is 0 Å². The van der Waals surface area contributed by atoms with E-state index in [4.69, 9.17) is 0 Å². The zero-order valence-corrected chi connectivity index (χ0v) is 15.0. The Morgan fingerprint density at radius 2 is 1.71 bits per heavy atom. The van der Waals surface area contributed by atoms with Crippen molar-refractivity contribution in [3.05, 3.63) is 89.2 Å². The summed E-state index contributed by atoms with van der Waals surface area (Å²) in [5, 5.41) is 0. The van der Waals surface area contributed by atoms with Crippen LogP contribution in [0.2, 0.25) is 0 Å². The quantitative estimate of drug-likeness (QED) is 0.680. The summed E-state index contributed by atoms with van der Waals surface area (Å²) in [6.45, 7) is 0.955. The molecular weight excluding hydrogens is 312 g/mol. The Kier molecular flexibility index (Phi) is 4.21. The molecule has 0 saturated heterocycles. The number of benzene rings is 2. The normalized spacial score (nSPS) is 16.5. The maximum absolute atomic E-state index is 2.55. The molecule has 0 amide bonds. The molecule has 3 heteroatoms. The Bertz CT molecular complexity index is 836. The van der Waals surface area contributed by atoms with Crippen LogP contribution in [0.5, 0.6) is 0 Å². The number of hydrogen-bond donors (Lipinski definition) is 0. The van der Waals surface area contributed by atoms with Crippen LogP contribution in [-0.4, -0.2) is 23.6 Å². The second kappa shape index (κ2) is 6.50. The van der Waals surface area contributed by atoms with Crippen molar-refractivity contribution in [2.24, 2.45) is 0 Å². The lowest BCUT2D eigenvalue weighted by molar-refractivity contribution is 0.384. The van der Waals surface area contributed by atoms with Crippen molar-refractivity contribution in [3.8, 4) is 0 Å². The maximum Gasteiger partial charge on any atom is 0.0850 e. The first-order chi connectivity index (χ1) is 11.7. The fourth-order valence-electron chi connectivity index (χ4n) is 3.53. The summed E-state index contributed by atoms with van der Waals surface area (Å²) >= 11 is 1.95. The summed E-state index contributed by atoms with van der Waals surface area (Å²) in [6.07, 6.45) is 0. The zero-order chi connectivity index (χ0) is 16.5. The molecule has 1 atom stereocenters. The lowest BCUT2D eigenvalue weighted by Gasteiger charge is -2.25. The smallest absolute Gasteiger partial charge is 0.0850 e. The second-order valence-electron chi connectivity index (χ2n) is 6.56. The van der Waals surface area contributed by atoms with Crippen LogP contribution in [0.25, 0.3) is 0 Å². The minimum atomic E-state index is 0.248. The Hall–Kier alpha value is -1.97. The topological polar surface area (TPSA) is 8.17 Å². The van der Waals surface area contributed by atoms with Crippen LogP contribution in [0.1, 0.15) is 28.6 Å². The van der Waals surface area contributed by atoms with Gasteiger partial charge in [-0.15, -0.1) is 11.8 Å². The molecule has 0 radical (unpaired) electrons. The number of nitrogens with zero attached hydrogens (tertiary/aromatic N) is 2. The maximum atomic E-state index is 2.55. The van der Waals surface area contributed by atoms with Crippen molar-refractivity contribution < 1.29 is 0 Å². The monoisotopic (exact) mass is 334 g/mol. The molecule has 1 unspecified atom stereocenters. The molecule has 24 heavy (non-hydrogen) atoms. The van der Waals surface area contributed by atoms with Crippen LogP contribution in [-0.2, 0) is 12.3 Å². The Morgan fingerprint density at radius 1 is 0.958 bits per heavy atom. The Labute approximate surface area is 148 Å². The van der Waals surface area contributed by atoms with Crippen molar-refractivity contribution in [2.45, 2.75) is 23.2 Å². The number of fused-ring (bicyclic) bond motifs is 2. The molecule has 0 fully saturated rings. The number of hydrogen-bond acceptors (Lipinski definition) is 2. The Balaban J connectivity index is 1.94. The predicted molar refractivity (Wildman–Crippen MR) is 102 cm³/mol. The standard InChI is InChI=1S/C21H22N2S/c1-22(2)14-17-12-13-18-15-24-20-11-7-6-10-19(20)21(23(17)18)16-8-4-3-5-9-16/h3-13,21H,14-15H2,1-2H3. The minimum Gasteiger partial charge on any atom is -0.335 e. The van der Waals surface area contributed by atoms with Crippen LogP contribution in [0.3, 0.4) is 0 Å². The van der Waals surface area contributed by atoms with E-state index in [1.807, 2.05) is 11.8 Å². The van der Waals surface area contributed by atoms with E-state index in [0.29, 0.717) is 0 Å². The molecule has 0 N–H and O–H groups in total. The van der Waals surface area contributed by atoms with E-state index in [2.05, 4.69) is 90.3 Å². The molecular formula is C21H22N2S. The van der Waals surface area contributed by atoms with Crippen molar-refractivity contribution in [3.63, 3.8) is 0 Å². The van der Waals surface area contributed by atoms with Crippen LogP contribution >= 0.6 is 11.8 Å². The van der Waals surface area contributed by atoms with Gasteiger partial charge >= 0.3 is 0 Å². The van der Waals surface area contributed by atoms with E-state index in [1.165, 1.54) is 27.4 Å². The summed E-state index contributed by atoms with van der Waals surface area (Å²) in [5.74, 6) is 1.02. The molecule has 1 aliphatic heterocycles. The molecule has 2 aromatic carbocycles. The van der Waals surface area contributed by atoms with Crippen molar-refractivity contribution in [2.75, 3.05) is 14.1 Å². The summed E-state index contributed by atoms with van der Waals surface area (Å²) in [5.41, 5.74) is 5.54. The van der Waals surface area contributed by atoms with Crippen LogP contribution in [0.15, 0.2) is 71.6 Å². The van der Waals surface area contributed by atoms with Gasteiger partial charge in [-0.2, -0.15) is 0 Å². The van der Waals surface area contributed by atoms with Gasteiger partial charge in [-0.25, -0.2) is 0 Å². The summed E-state index contributed by atoms with van der Waals surface area (Å²) in [6, 6.07) is 24.6. The third-order valence-electron chi connectivity index (χ3n) is 4.53. The molecule has 0 bridgehead atoms. The van der Waals surface area contributed by atoms with Gasteiger partial charge in [-0.05, 0) is 43.4 Å². The van der Waals surface area contributed by atoms with Gasteiger partial charge in [0.05, 0.1) is 6.04 Å². The van der Waals surface area contributed by atoms with E-state index in [1.54, 1.807) is 0 Å². The minimum absolute atomic E-state index is 0.248. The number of rotatable bonds is 3. The van der Waals surface area contributed by atoms with Crippen LogP contribution in [0, 0.1) is 0 Å². The first-order valence-electron chi connectivity index (χ1n) is 8.34. The van der Waals surface area contributed by atoms with E-state index in [-0.39, 0.29) is 6.04 Å². The molecule has 4 rings (SSSR count). The van der Waals surface area contributed by atoms with Gasteiger partial charge in [-0.3, -0.25) is 0 Å². The average molecular weight is 334 g/mol. The molecule has 0 saturated carbocycles. The van der Waals surface area contributed by atoms with Gasteiger partial charge in [0.1, 0.15) is 0 Å². The highest BCUT2D eigenvalue weighted by Gasteiger charge is 2.26. The fourth-order valence-corrected chi connectivity index (χ4v) is 4.59. The lowest BCUT2D eigenvalue weighted by atomic mass is 9.98. The molecule has 2 nitrogen and oxygen atoms in total. The van der Waals surface area contributed by atoms with Gasteiger partial charge in [-0.1, -0.05) is 48.5 Å². The van der Waals surface area contributed by atoms with E-state index >= 15 is 0 Å². The van der Waals surface area contributed by atoms with Gasteiger partial charge in [0.25, 0.3) is 0 Å². The van der Waals surface area contributed by atoms with Gasteiger partial charge in [0.15, 0.2) is 0 Å².